The van der Waals surface area contributed by atoms with Crippen molar-refractivity contribution in [2.75, 3.05) is 26.2 Å². The van der Waals surface area contributed by atoms with Gasteiger partial charge in [-0.15, -0.1) is 0 Å². The van der Waals surface area contributed by atoms with Crippen molar-refractivity contribution in [1.29, 1.82) is 0 Å². The Balaban J connectivity index is 1.91. The first-order valence-electron chi connectivity index (χ1n) is 7.43. The summed E-state index contributed by atoms with van der Waals surface area (Å²) in [5, 5.41) is 10.4. The molecule has 0 spiro atoms. The van der Waals surface area contributed by atoms with Crippen molar-refractivity contribution < 1.29 is 9.84 Å². The molecule has 106 valence electrons. The highest BCUT2D eigenvalue weighted by Crippen LogP contribution is 2.27. The summed E-state index contributed by atoms with van der Waals surface area (Å²) in [6.07, 6.45) is 3.94. The largest absolute Gasteiger partial charge is 0.493 e. The quantitative estimate of drug-likeness (QED) is 0.821. The van der Waals surface area contributed by atoms with Crippen molar-refractivity contribution in [3.05, 3.63) is 29.8 Å². The lowest BCUT2D eigenvalue weighted by Crippen LogP contribution is -2.22. The van der Waals surface area contributed by atoms with Crippen LogP contribution in [0.1, 0.15) is 44.3 Å². The van der Waals surface area contributed by atoms with E-state index in [0.29, 0.717) is 6.61 Å². The number of likely N-dealkylation sites (tertiary alicyclic amines) is 1. The van der Waals surface area contributed by atoms with E-state index in [1.807, 2.05) is 24.3 Å². The highest BCUT2D eigenvalue weighted by atomic mass is 16.5. The lowest BCUT2D eigenvalue weighted by atomic mass is 10.1. The van der Waals surface area contributed by atoms with Gasteiger partial charge in [0.05, 0.1) is 12.7 Å². The molecule has 3 heteroatoms. The van der Waals surface area contributed by atoms with Crippen LogP contribution >= 0.6 is 0 Å². The molecule has 1 aromatic carbocycles. The fourth-order valence-electron chi connectivity index (χ4n) is 2.57. The number of para-hydroxylation sites is 1. The molecule has 1 fully saturated rings. The Bertz CT molecular complexity index is 375. The molecule has 3 nitrogen and oxygen atoms in total. The first-order chi connectivity index (χ1) is 9.31. The summed E-state index contributed by atoms with van der Waals surface area (Å²) in [5.41, 5.74) is 0.926. The van der Waals surface area contributed by atoms with Crippen LogP contribution in [0.25, 0.3) is 0 Å². The summed E-state index contributed by atoms with van der Waals surface area (Å²) in [5.74, 6) is 0.832. The van der Waals surface area contributed by atoms with Crippen molar-refractivity contribution in [3.8, 4) is 5.75 Å². The first kappa shape index (κ1) is 14.4. The summed E-state index contributed by atoms with van der Waals surface area (Å²) in [7, 11) is 0. The van der Waals surface area contributed by atoms with Gasteiger partial charge in [0.15, 0.2) is 0 Å². The molecular formula is C16H25NO2. The number of aliphatic hydroxyl groups is 1. The van der Waals surface area contributed by atoms with Gasteiger partial charge >= 0.3 is 0 Å². The van der Waals surface area contributed by atoms with Gasteiger partial charge in [-0.1, -0.05) is 25.1 Å². The molecule has 1 aliphatic rings. The average Bonchev–Trinajstić information content (AvgIpc) is 2.96. The third kappa shape index (κ3) is 4.22. The number of hydrogen-bond acceptors (Lipinski definition) is 3. The van der Waals surface area contributed by atoms with Crippen molar-refractivity contribution in [1.82, 2.24) is 4.90 Å². The number of ether oxygens (including phenoxy) is 1. The van der Waals surface area contributed by atoms with E-state index in [1.54, 1.807) is 0 Å². The second-order valence-electron chi connectivity index (χ2n) is 5.24. The zero-order valence-electron chi connectivity index (χ0n) is 11.8. The lowest BCUT2D eigenvalue weighted by molar-refractivity contribution is 0.144. The van der Waals surface area contributed by atoms with Crippen LogP contribution in [-0.4, -0.2) is 36.2 Å². The minimum Gasteiger partial charge on any atom is -0.493 e. The maximum atomic E-state index is 10.4. The van der Waals surface area contributed by atoms with Crippen LogP contribution in [0.5, 0.6) is 5.75 Å². The van der Waals surface area contributed by atoms with E-state index in [1.165, 1.54) is 25.9 Å². The lowest BCUT2D eigenvalue weighted by Gasteiger charge is -2.19. The summed E-state index contributed by atoms with van der Waals surface area (Å²) in [6, 6.07) is 7.85. The van der Waals surface area contributed by atoms with Crippen molar-refractivity contribution in [2.45, 2.75) is 38.7 Å². The van der Waals surface area contributed by atoms with Gasteiger partial charge in [0.2, 0.25) is 0 Å². The Morgan fingerprint density at radius 3 is 2.74 bits per heavy atom. The molecule has 1 saturated heterocycles. The number of aliphatic hydroxyl groups excluding tert-OH is 1. The number of benzene rings is 1. The SMILES string of the molecule is CCCOc1ccccc1C(O)CCN1CCCC1. The minimum atomic E-state index is -0.423. The summed E-state index contributed by atoms with van der Waals surface area (Å²) in [4.78, 5) is 2.43. The van der Waals surface area contributed by atoms with Crippen LogP contribution < -0.4 is 4.74 Å². The maximum absolute atomic E-state index is 10.4. The maximum Gasteiger partial charge on any atom is 0.125 e. The van der Waals surface area contributed by atoms with Gasteiger partial charge in [0.25, 0.3) is 0 Å². The molecule has 0 radical (unpaired) electrons. The number of hydrogen-bond donors (Lipinski definition) is 1. The number of nitrogens with zero attached hydrogens (tertiary/aromatic N) is 1. The fraction of sp³-hybridized carbons (Fsp3) is 0.625. The smallest absolute Gasteiger partial charge is 0.125 e. The zero-order valence-corrected chi connectivity index (χ0v) is 11.8. The van der Waals surface area contributed by atoms with E-state index in [-0.39, 0.29) is 0 Å². The molecular weight excluding hydrogens is 238 g/mol. The Kier molecular flexibility index (Phi) is 5.67. The van der Waals surface area contributed by atoms with Crippen molar-refractivity contribution >= 4 is 0 Å². The molecule has 1 N–H and O–H groups in total. The van der Waals surface area contributed by atoms with E-state index < -0.39 is 6.10 Å². The molecule has 1 aliphatic heterocycles. The van der Waals surface area contributed by atoms with Crippen LogP contribution in [-0.2, 0) is 0 Å². The Morgan fingerprint density at radius 1 is 1.26 bits per heavy atom. The fourth-order valence-corrected chi connectivity index (χ4v) is 2.57. The van der Waals surface area contributed by atoms with Crippen LogP contribution in [0.4, 0.5) is 0 Å². The highest BCUT2D eigenvalue weighted by molar-refractivity contribution is 5.35. The Labute approximate surface area is 116 Å². The van der Waals surface area contributed by atoms with Gasteiger partial charge in [-0.25, -0.2) is 0 Å². The van der Waals surface area contributed by atoms with Gasteiger partial charge in [-0.05, 0) is 44.8 Å². The third-order valence-corrected chi connectivity index (χ3v) is 3.66. The highest BCUT2D eigenvalue weighted by Gasteiger charge is 2.16. The van der Waals surface area contributed by atoms with Gasteiger partial charge in [0.1, 0.15) is 5.75 Å². The van der Waals surface area contributed by atoms with Crippen LogP contribution in [0.15, 0.2) is 24.3 Å². The summed E-state index contributed by atoms with van der Waals surface area (Å²) < 4.78 is 5.71. The monoisotopic (exact) mass is 263 g/mol. The van der Waals surface area contributed by atoms with E-state index in [9.17, 15) is 5.11 Å². The number of rotatable bonds is 7. The topological polar surface area (TPSA) is 32.7 Å². The second kappa shape index (κ2) is 7.51. The van der Waals surface area contributed by atoms with E-state index in [2.05, 4.69) is 11.8 Å². The van der Waals surface area contributed by atoms with Gasteiger partial charge in [-0.2, -0.15) is 0 Å². The normalized spacial score (nSPS) is 17.6. The van der Waals surface area contributed by atoms with Gasteiger partial charge in [0, 0.05) is 12.1 Å². The second-order valence-corrected chi connectivity index (χ2v) is 5.24. The third-order valence-electron chi connectivity index (χ3n) is 3.66. The predicted molar refractivity (Wildman–Crippen MR) is 77.5 cm³/mol. The van der Waals surface area contributed by atoms with E-state index in [4.69, 9.17) is 4.74 Å². The minimum absolute atomic E-state index is 0.423. The molecule has 0 aromatic heterocycles. The van der Waals surface area contributed by atoms with Crippen molar-refractivity contribution in [3.63, 3.8) is 0 Å². The van der Waals surface area contributed by atoms with Gasteiger partial charge in [-0.3, -0.25) is 0 Å². The standard InChI is InChI=1S/C16H25NO2/c1-2-13-19-16-8-4-3-7-14(16)15(18)9-12-17-10-5-6-11-17/h3-4,7-8,15,18H,2,5-6,9-13H2,1H3. The van der Waals surface area contributed by atoms with Crippen molar-refractivity contribution in [2.24, 2.45) is 0 Å². The summed E-state index contributed by atoms with van der Waals surface area (Å²) in [6.45, 7) is 6.13. The average molecular weight is 263 g/mol. The first-order valence-corrected chi connectivity index (χ1v) is 7.43. The molecule has 1 unspecified atom stereocenters. The van der Waals surface area contributed by atoms with E-state index >= 15 is 0 Å². The zero-order chi connectivity index (χ0) is 13.5. The van der Waals surface area contributed by atoms with Gasteiger partial charge < -0.3 is 14.7 Å². The summed E-state index contributed by atoms with van der Waals surface area (Å²) >= 11 is 0. The molecule has 0 amide bonds. The molecule has 0 aliphatic carbocycles. The Morgan fingerprint density at radius 2 is 2.00 bits per heavy atom. The van der Waals surface area contributed by atoms with Crippen LogP contribution in [0.2, 0.25) is 0 Å². The predicted octanol–water partition coefficient (Wildman–Crippen LogP) is 2.99. The molecule has 1 heterocycles. The molecule has 0 saturated carbocycles. The molecule has 2 rings (SSSR count). The molecule has 19 heavy (non-hydrogen) atoms. The molecule has 1 aromatic rings. The Hall–Kier alpha value is -1.06. The van der Waals surface area contributed by atoms with E-state index in [0.717, 1.165) is 30.7 Å². The molecule has 0 bridgehead atoms. The molecule has 1 atom stereocenters. The van der Waals surface area contributed by atoms with Crippen LogP contribution in [0, 0.1) is 0 Å². The van der Waals surface area contributed by atoms with Crippen LogP contribution in [0.3, 0.4) is 0 Å².